The van der Waals surface area contributed by atoms with Gasteiger partial charge in [0.05, 0.1) is 24.3 Å². The Morgan fingerprint density at radius 2 is 1.96 bits per heavy atom. The Morgan fingerprint density at radius 1 is 1.27 bits per heavy atom. The highest BCUT2D eigenvalue weighted by Gasteiger charge is 2.20. The number of hydrogen-bond acceptors (Lipinski definition) is 6. The molecule has 0 fully saturated rings. The lowest BCUT2D eigenvalue weighted by atomic mass is 10.3. The molecule has 0 unspecified atom stereocenters. The molecule has 0 atom stereocenters. The molecule has 140 valence electrons. The number of anilines is 1. The molecule has 9 heteroatoms. The van der Waals surface area contributed by atoms with E-state index < -0.39 is 15.9 Å². The maximum atomic E-state index is 12.2. The first-order valence-electron chi connectivity index (χ1n) is 7.89. The third-order valence-corrected chi connectivity index (χ3v) is 5.47. The van der Waals surface area contributed by atoms with Crippen LogP contribution in [0.5, 0.6) is 5.75 Å². The Morgan fingerprint density at radius 3 is 2.50 bits per heavy atom. The van der Waals surface area contributed by atoms with E-state index in [1.807, 2.05) is 24.4 Å². The number of thiophene rings is 1. The maximum Gasteiger partial charge on any atom is 0.260 e. The summed E-state index contributed by atoms with van der Waals surface area (Å²) in [6.07, 6.45) is 1.05. The Kier molecular flexibility index (Phi) is 6.76. The van der Waals surface area contributed by atoms with E-state index in [1.54, 1.807) is 31.2 Å². The SMILES string of the molecule is CCOc1ccc(N(CC(=O)N/N=C(/C)c2cccs2)S(C)(=O)=O)cc1. The number of amides is 1. The van der Waals surface area contributed by atoms with E-state index in [0.717, 1.165) is 15.4 Å². The van der Waals surface area contributed by atoms with Crippen molar-refractivity contribution in [1.29, 1.82) is 0 Å². The van der Waals surface area contributed by atoms with Crippen LogP contribution in [-0.2, 0) is 14.8 Å². The van der Waals surface area contributed by atoms with Crippen LogP contribution < -0.4 is 14.5 Å². The zero-order chi connectivity index (χ0) is 19.2. The van der Waals surface area contributed by atoms with E-state index in [0.29, 0.717) is 23.8 Å². The molecular formula is C17H21N3O4S2. The molecule has 2 rings (SSSR count). The van der Waals surface area contributed by atoms with Crippen molar-refractivity contribution in [2.45, 2.75) is 13.8 Å². The molecule has 0 radical (unpaired) electrons. The summed E-state index contributed by atoms with van der Waals surface area (Å²) >= 11 is 1.50. The van der Waals surface area contributed by atoms with E-state index in [4.69, 9.17) is 4.74 Å². The molecule has 0 aliphatic rings. The summed E-state index contributed by atoms with van der Waals surface area (Å²) in [7, 11) is -3.63. The van der Waals surface area contributed by atoms with Crippen LogP contribution in [0.1, 0.15) is 18.7 Å². The lowest BCUT2D eigenvalue weighted by Gasteiger charge is -2.21. The van der Waals surface area contributed by atoms with Gasteiger partial charge in [-0.1, -0.05) is 6.07 Å². The van der Waals surface area contributed by atoms with E-state index in [-0.39, 0.29) is 6.54 Å². The topological polar surface area (TPSA) is 88.1 Å². The van der Waals surface area contributed by atoms with Gasteiger partial charge in [-0.25, -0.2) is 13.8 Å². The standard InChI is InChI=1S/C17H21N3O4S2/c1-4-24-15-9-7-14(8-10-15)20(26(3,22)23)12-17(21)19-18-13(2)16-6-5-11-25-16/h5-11H,4,12H2,1-3H3,(H,19,21)/b18-13-. The fourth-order valence-electron chi connectivity index (χ4n) is 2.13. The third-order valence-electron chi connectivity index (χ3n) is 3.35. The quantitative estimate of drug-likeness (QED) is 0.549. The van der Waals surface area contributed by atoms with Crippen molar-refractivity contribution in [2.75, 3.05) is 23.7 Å². The van der Waals surface area contributed by atoms with Gasteiger partial charge in [-0.3, -0.25) is 9.10 Å². The molecule has 1 aromatic carbocycles. The average molecular weight is 396 g/mol. The summed E-state index contributed by atoms with van der Waals surface area (Å²) in [6.45, 7) is 3.78. The van der Waals surface area contributed by atoms with Gasteiger partial charge in [0, 0.05) is 4.88 Å². The van der Waals surface area contributed by atoms with Crippen molar-refractivity contribution in [3.63, 3.8) is 0 Å². The molecule has 1 amide bonds. The number of hydrazone groups is 1. The fourth-order valence-corrected chi connectivity index (χ4v) is 3.66. The summed E-state index contributed by atoms with van der Waals surface area (Å²) in [5, 5.41) is 5.93. The predicted octanol–water partition coefficient (Wildman–Crippen LogP) is 2.45. The van der Waals surface area contributed by atoms with Crippen molar-refractivity contribution in [3.8, 4) is 5.75 Å². The second kappa shape index (κ2) is 8.81. The number of carbonyl (C=O) groups excluding carboxylic acids is 1. The number of hydrogen-bond donors (Lipinski definition) is 1. The molecule has 0 bridgehead atoms. The molecule has 1 N–H and O–H groups in total. The van der Waals surface area contributed by atoms with Crippen LogP contribution in [0.2, 0.25) is 0 Å². The third kappa shape index (κ3) is 5.57. The van der Waals surface area contributed by atoms with E-state index in [1.165, 1.54) is 11.3 Å². The van der Waals surface area contributed by atoms with Gasteiger partial charge in [0.2, 0.25) is 10.0 Å². The first kappa shape index (κ1) is 19.9. The zero-order valence-electron chi connectivity index (χ0n) is 14.8. The fraction of sp³-hybridized carbons (Fsp3) is 0.294. The molecule has 0 saturated heterocycles. The van der Waals surface area contributed by atoms with Gasteiger partial charge in [-0.2, -0.15) is 5.10 Å². The summed E-state index contributed by atoms with van der Waals surface area (Å²) in [6, 6.07) is 10.3. The molecule has 0 spiro atoms. The number of rotatable bonds is 8. The molecule has 2 aromatic rings. The van der Waals surface area contributed by atoms with Crippen LogP contribution in [0.15, 0.2) is 46.9 Å². The summed E-state index contributed by atoms with van der Waals surface area (Å²) in [4.78, 5) is 13.1. The first-order valence-corrected chi connectivity index (χ1v) is 10.6. The molecule has 1 aromatic heterocycles. The van der Waals surface area contributed by atoms with Crippen LogP contribution in [0.4, 0.5) is 5.69 Å². The van der Waals surface area contributed by atoms with Crippen molar-refractivity contribution in [1.82, 2.24) is 5.43 Å². The van der Waals surface area contributed by atoms with Gasteiger partial charge in [-0.15, -0.1) is 11.3 Å². The van der Waals surface area contributed by atoms with Gasteiger partial charge in [0.25, 0.3) is 5.91 Å². The summed E-state index contributed by atoms with van der Waals surface area (Å²) in [5.41, 5.74) is 3.43. The monoisotopic (exact) mass is 395 g/mol. The Labute approximate surface area is 157 Å². The zero-order valence-corrected chi connectivity index (χ0v) is 16.4. The summed E-state index contributed by atoms with van der Waals surface area (Å²) in [5.74, 6) is 0.102. The van der Waals surface area contributed by atoms with Crippen LogP contribution >= 0.6 is 11.3 Å². The normalized spacial score (nSPS) is 11.9. The average Bonchev–Trinajstić information content (AvgIpc) is 3.12. The molecular weight excluding hydrogens is 374 g/mol. The van der Waals surface area contributed by atoms with Crippen molar-refractivity contribution in [2.24, 2.45) is 5.10 Å². The Bertz CT molecular complexity index is 860. The van der Waals surface area contributed by atoms with Crippen LogP contribution in [0, 0.1) is 0 Å². The number of nitrogens with zero attached hydrogens (tertiary/aromatic N) is 2. The molecule has 1 heterocycles. The molecule has 0 aliphatic carbocycles. The van der Waals surface area contributed by atoms with Crippen molar-refractivity contribution < 1.29 is 17.9 Å². The lowest BCUT2D eigenvalue weighted by Crippen LogP contribution is -2.39. The summed E-state index contributed by atoms with van der Waals surface area (Å²) < 4.78 is 30.5. The first-order chi connectivity index (χ1) is 12.3. The minimum Gasteiger partial charge on any atom is -0.494 e. The predicted molar refractivity (Wildman–Crippen MR) is 104 cm³/mol. The van der Waals surface area contributed by atoms with E-state index >= 15 is 0 Å². The van der Waals surface area contributed by atoms with E-state index in [2.05, 4.69) is 10.5 Å². The highest BCUT2D eigenvalue weighted by Crippen LogP contribution is 2.21. The van der Waals surface area contributed by atoms with Crippen molar-refractivity contribution >= 4 is 38.7 Å². The highest BCUT2D eigenvalue weighted by atomic mass is 32.2. The van der Waals surface area contributed by atoms with E-state index in [9.17, 15) is 13.2 Å². The second-order valence-corrected chi connectivity index (χ2v) is 8.26. The highest BCUT2D eigenvalue weighted by molar-refractivity contribution is 7.92. The molecule has 0 saturated carbocycles. The number of benzene rings is 1. The Balaban J connectivity index is 2.10. The molecule has 7 nitrogen and oxygen atoms in total. The van der Waals surface area contributed by atoms with Gasteiger partial charge in [0.1, 0.15) is 12.3 Å². The number of carbonyl (C=O) groups is 1. The lowest BCUT2D eigenvalue weighted by molar-refractivity contribution is -0.119. The van der Waals surface area contributed by atoms with Crippen LogP contribution in [0.25, 0.3) is 0 Å². The van der Waals surface area contributed by atoms with Crippen LogP contribution in [0.3, 0.4) is 0 Å². The van der Waals surface area contributed by atoms with Gasteiger partial charge < -0.3 is 4.74 Å². The number of nitrogens with one attached hydrogen (secondary N) is 1. The molecule has 0 aliphatic heterocycles. The number of sulfonamides is 1. The van der Waals surface area contributed by atoms with Gasteiger partial charge in [0.15, 0.2) is 0 Å². The minimum absolute atomic E-state index is 0.367. The van der Waals surface area contributed by atoms with Crippen LogP contribution in [-0.4, -0.2) is 39.4 Å². The molecule has 26 heavy (non-hydrogen) atoms. The largest absolute Gasteiger partial charge is 0.494 e. The van der Waals surface area contributed by atoms with Gasteiger partial charge >= 0.3 is 0 Å². The minimum atomic E-state index is -3.63. The smallest absolute Gasteiger partial charge is 0.260 e. The second-order valence-electron chi connectivity index (χ2n) is 5.41. The number of ether oxygens (including phenoxy) is 1. The Hall–Kier alpha value is -2.39. The van der Waals surface area contributed by atoms with Crippen molar-refractivity contribution in [3.05, 3.63) is 46.7 Å². The van der Waals surface area contributed by atoms with Gasteiger partial charge in [-0.05, 0) is 49.6 Å². The maximum absolute atomic E-state index is 12.2.